The van der Waals surface area contributed by atoms with E-state index >= 15 is 0 Å². The van der Waals surface area contributed by atoms with E-state index in [9.17, 15) is 0 Å². The minimum atomic E-state index is 0.0676. The lowest BCUT2D eigenvalue weighted by Gasteiger charge is -2.37. The predicted octanol–water partition coefficient (Wildman–Crippen LogP) is 2.37. The van der Waals surface area contributed by atoms with Crippen molar-refractivity contribution in [2.24, 2.45) is 0 Å². The summed E-state index contributed by atoms with van der Waals surface area (Å²) in [4.78, 5) is 4.87. The Morgan fingerprint density at radius 1 is 0.926 bits per heavy atom. The number of likely N-dealkylation sites (N-methyl/N-ethyl adjacent to an activating group) is 1. The lowest BCUT2D eigenvalue weighted by Crippen LogP contribution is -2.46. The molecule has 0 N–H and O–H groups in total. The molecule has 0 amide bonds. The van der Waals surface area contributed by atoms with Gasteiger partial charge in [-0.3, -0.25) is 4.90 Å². The van der Waals surface area contributed by atoms with E-state index in [4.69, 9.17) is 0 Å². The molecule has 1 saturated heterocycles. The van der Waals surface area contributed by atoms with Crippen LogP contribution in [-0.4, -0.2) is 63.2 Å². The Morgan fingerprint density at radius 2 is 1.63 bits per heavy atom. The second-order valence-corrected chi connectivity index (χ2v) is 7.33. The molecule has 1 fully saturated rings. The molecule has 3 aromatic rings. The van der Waals surface area contributed by atoms with Crippen molar-refractivity contribution < 1.29 is 0 Å². The van der Waals surface area contributed by atoms with Crippen LogP contribution in [0.25, 0.3) is 0 Å². The molecule has 27 heavy (non-hydrogen) atoms. The van der Waals surface area contributed by atoms with Gasteiger partial charge in [-0.05, 0) is 35.5 Å². The van der Waals surface area contributed by atoms with Crippen molar-refractivity contribution in [3.8, 4) is 0 Å². The van der Waals surface area contributed by atoms with Gasteiger partial charge in [0.1, 0.15) is 0 Å². The minimum absolute atomic E-state index is 0.0676. The number of nitrogens with zero attached hydrogens (tertiary/aromatic N) is 6. The highest BCUT2D eigenvalue weighted by Gasteiger charge is 2.29. The Kier molecular flexibility index (Phi) is 5.27. The average Bonchev–Trinajstić information content (AvgIpc) is 3.13. The van der Waals surface area contributed by atoms with Gasteiger partial charge in [-0.2, -0.15) is 0 Å². The van der Waals surface area contributed by atoms with Gasteiger partial charge in [0.2, 0.25) is 0 Å². The van der Waals surface area contributed by atoms with E-state index in [1.54, 1.807) is 0 Å². The van der Waals surface area contributed by atoms with Crippen molar-refractivity contribution in [1.29, 1.82) is 0 Å². The lowest BCUT2D eigenvalue weighted by molar-refractivity contribution is 0.121. The third-order valence-corrected chi connectivity index (χ3v) is 5.28. The van der Waals surface area contributed by atoms with Crippen LogP contribution in [0.15, 0.2) is 54.6 Å². The number of aromatic nitrogens is 4. The molecule has 1 aliphatic rings. The Morgan fingerprint density at radius 3 is 2.33 bits per heavy atom. The van der Waals surface area contributed by atoms with Crippen molar-refractivity contribution in [2.75, 3.05) is 33.2 Å². The zero-order valence-electron chi connectivity index (χ0n) is 16.0. The van der Waals surface area contributed by atoms with Gasteiger partial charge in [-0.1, -0.05) is 60.2 Å². The van der Waals surface area contributed by atoms with Gasteiger partial charge < -0.3 is 4.90 Å². The third kappa shape index (κ3) is 4.07. The number of benzene rings is 2. The number of tetrazole rings is 1. The molecule has 6 heteroatoms. The van der Waals surface area contributed by atoms with E-state index in [1.807, 2.05) is 10.7 Å². The first-order valence-electron chi connectivity index (χ1n) is 9.50. The fourth-order valence-electron chi connectivity index (χ4n) is 3.63. The molecule has 2 heterocycles. The number of piperazine rings is 1. The molecule has 1 aromatic heterocycles. The van der Waals surface area contributed by atoms with Crippen molar-refractivity contribution in [2.45, 2.75) is 19.5 Å². The fraction of sp³-hybridized carbons (Fsp3) is 0.381. The number of hydrogen-bond donors (Lipinski definition) is 0. The summed E-state index contributed by atoms with van der Waals surface area (Å²) in [6, 6.07) is 19.2. The van der Waals surface area contributed by atoms with Crippen molar-refractivity contribution in [1.82, 2.24) is 30.0 Å². The van der Waals surface area contributed by atoms with Crippen LogP contribution >= 0.6 is 0 Å². The third-order valence-electron chi connectivity index (χ3n) is 5.28. The molecule has 0 bridgehead atoms. The maximum absolute atomic E-state index is 4.45. The first kappa shape index (κ1) is 17.8. The van der Waals surface area contributed by atoms with E-state index in [-0.39, 0.29) is 6.04 Å². The topological polar surface area (TPSA) is 50.1 Å². The summed E-state index contributed by atoms with van der Waals surface area (Å²) >= 11 is 0. The van der Waals surface area contributed by atoms with Crippen LogP contribution in [0.5, 0.6) is 0 Å². The van der Waals surface area contributed by atoms with Crippen molar-refractivity contribution >= 4 is 0 Å². The molecule has 2 aromatic carbocycles. The Bertz CT molecular complexity index is 850. The zero-order chi connectivity index (χ0) is 18.6. The first-order chi connectivity index (χ1) is 13.2. The smallest absolute Gasteiger partial charge is 0.173 e. The maximum Gasteiger partial charge on any atom is 0.173 e. The van der Waals surface area contributed by atoms with Crippen LogP contribution in [0.3, 0.4) is 0 Å². The molecular weight excluding hydrogens is 336 g/mol. The van der Waals surface area contributed by atoms with Gasteiger partial charge in [0.05, 0.1) is 12.6 Å². The average molecular weight is 362 g/mol. The highest BCUT2D eigenvalue weighted by molar-refractivity contribution is 5.28. The molecule has 4 rings (SSSR count). The van der Waals surface area contributed by atoms with Crippen LogP contribution in [0.2, 0.25) is 0 Å². The van der Waals surface area contributed by atoms with Crippen LogP contribution in [0.1, 0.15) is 28.6 Å². The zero-order valence-corrected chi connectivity index (χ0v) is 16.0. The van der Waals surface area contributed by atoms with Gasteiger partial charge in [-0.25, -0.2) is 4.68 Å². The molecule has 0 saturated carbocycles. The van der Waals surface area contributed by atoms with E-state index in [0.717, 1.165) is 32.0 Å². The van der Waals surface area contributed by atoms with Gasteiger partial charge in [-0.15, -0.1) is 5.10 Å². The molecular formula is C21H26N6. The monoisotopic (exact) mass is 362 g/mol. The highest BCUT2D eigenvalue weighted by Crippen LogP contribution is 2.28. The fourth-order valence-corrected chi connectivity index (χ4v) is 3.63. The molecule has 140 valence electrons. The summed E-state index contributed by atoms with van der Waals surface area (Å²) in [5, 5.41) is 12.8. The van der Waals surface area contributed by atoms with Crippen LogP contribution in [0.4, 0.5) is 0 Å². The second-order valence-electron chi connectivity index (χ2n) is 7.33. The van der Waals surface area contributed by atoms with Crippen LogP contribution < -0.4 is 0 Å². The summed E-state index contributed by atoms with van der Waals surface area (Å²) in [6.45, 7) is 6.93. The molecule has 1 atom stereocenters. The Balaban J connectivity index is 1.69. The quantitative estimate of drug-likeness (QED) is 0.697. The lowest BCUT2D eigenvalue weighted by atomic mass is 10.0. The largest absolute Gasteiger partial charge is 0.304 e. The van der Waals surface area contributed by atoms with E-state index in [1.165, 1.54) is 16.7 Å². The van der Waals surface area contributed by atoms with Gasteiger partial charge in [0, 0.05) is 26.2 Å². The molecule has 0 spiro atoms. The SMILES string of the molecule is Cc1ccc([C@H](c2nnnn2Cc2ccccc2)N2CCN(C)CC2)cc1. The number of aryl methyl sites for hydroxylation is 1. The van der Waals surface area contributed by atoms with E-state index in [2.05, 4.69) is 87.8 Å². The molecule has 1 aliphatic heterocycles. The summed E-state index contributed by atoms with van der Waals surface area (Å²) in [5.74, 6) is 0.909. The summed E-state index contributed by atoms with van der Waals surface area (Å²) in [6.07, 6.45) is 0. The Hall–Kier alpha value is -2.57. The molecule has 6 nitrogen and oxygen atoms in total. The van der Waals surface area contributed by atoms with Gasteiger partial charge in [0.25, 0.3) is 0 Å². The van der Waals surface area contributed by atoms with Gasteiger partial charge >= 0.3 is 0 Å². The standard InChI is InChI=1S/C21H26N6/c1-17-8-10-19(11-9-17)20(26-14-12-25(2)13-15-26)21-22-23-24-27(21)16-18-6-4-3-5-7-18/h3-11,20H,12-16H2,1-2H3/t20-/m1/s1. The molecule has 0 radical (unpaired) electrons. The number of rotatable bonds is 5. The van der Waals surface area contributed by atoms with Crippen molar-refractivity contribution in [3.05, 3.63) is 77.1 Å². The highest BCUT2D eigenvalue weighted by atomic mass is 15.6. The van der Waals surface area contributed by atoms with Crippen LogP contribution in [0, 0.1) is 6.92 Å². The molecule has 0 aliphatic carbocycles. The van der Waals surface area contributed by atoms with Crippen molar-refractivity contribution in [3.63, 3.8) is 0 Å². The predicted molar refractivity (Wildman–Crippen MR) is 105 cm³/mol. The first-order valence-corrected chi connectivity index (χ1v) is 9.50. The van der Waals surface area contributed by atoms with E-state index < -0.39 is 0 Å². The number of hydrogen-bond acceptors (Lipinski definition) is 5. The second kappa shape index (κ2) is 7.98. The van der Waals surface area contributed by atoms with Gasteiger partial charge in [0.15, 0.2) is 5.82 Å². The summed E-state index contributed by atoms with van der Waals surface area (Å²) in [5.41, 5.74) is 3.71. The summed E-state index contributed by atoms with van der Waals surface area (Å²) in [7, 11) is 2.18. The normalized spacial score (nSPS) is 17.1. The maximum atomic E-state index is 4.45. The molecule has 0 unspecified atom stereocenters. The Labute approximate surface area is 160 Å². The summed E-state index contributed by atoms with van der Waals surface area (Å²) < 4.78 is 1.94. The van der Waals surface area contributed by atoms with Crippen LogP contribution in [-0.2, 0) is 6.54 Å². The van der Waals surface area contributed by atoms with E-state index in [0.29, 0.717) is 6.54 Å². The minimum Gasteiger partial charge on any atom is -0.304 e.